The van der Waals surface area contributed by atoms with Crippen LogP contribution in [0.2, 0.25) is 0 Å². The number of H-pyrrole nitrogens is 1. The number of carbonyl (C=O) groups is 1. The number of alkyl halides is 3. The molecule has 7 nitrogen and oxygen atoms in total. The minimum atomic E-state index is -4.40. The largest absolute Gasteiger partial charge is 0.417 e. The van der Waals surface area contributed by atoms with Gasteiger partial charge in [0, 0.05) is 37.2 Å². The number of pyridine rings is 1. The number of hydrogen-bond acceptors (Lipinski definition) is 6. The van der Waals surface area contributed by atoms with Crippen molar-refractivity contribution in [2.75, 3.05) is 18.8 Å². The van der Waals surface area contributed by atoms with E-state index in [1.54, 1.807) is 47.3 Å². The van der Waals surface area contributed by atoms with Gasteiger partial charge in [-0.25, -0.2) is 9.78 Å². The number of aromatic nitrogens is 4. The molecule has 0 unspecified atom stereocenters. The SMILES string of the molecule is O=C(Oc1ccc(Cc2ccc(C(F)(F)F)cn2)cc1)N1CCC(CSc2nc[nH]n2)CC1. The van der Waals surface area contributed by atoms with Crippen molar-refractivity contribution in [1.29, 1.82) is 0 Å². The summed E-state index contributed by atoms with van der Waals surface area (Å²) in [7, 11) is 0. The van der Waals surface area contributed by atoms with Crippen molar-refractivity contribution in [3.05, 3.63) is 65.7 Å². The van der Waals surface area contributed by atoms with Crippen molar-refractivity contribution in [2.45, 2.75) is 30.6 Å². The number of likely N-dealkylation sites (tertiary alicyclic amines) is 1. The van der Waals surface area contributed by atoms with E-state index in [0.29, 0.717) is 36.9 Å². The molecule has 1 fully saturated rings. The van der Waals surface area contributed by atoms with Crippen LogP contribution in [0.1, 0.15) is 29.7 Å². The van der Waals surface area contributed by atoms with Gasteiger partial charge in [0.25, 0.3) is 0 Å². The minimum absolute atomic E-state index is 0.381. The third-order valence-corrected chi connectivity index (χ3v) is 6.47. The molecular formula is C22H22F3N5O2S. The smallest absolute Gasteiger partial charge is 0.410 e. The highest BCUT2D eigenvalue weighted by Crippen LogP contribution is 2.29. The molecule has 1 N–H and O–H groups in total. The molecule has 2 aromatic heterocycles. The van der Waals surface area contributed by atoms with E-state index in [0.717, 1.165) is 41.6 Å². The molecule has 174 valence electrons. The Morgan fingerprint density at radius 2 is 1.88 bits per heavy atom. The van der Waals surface area contributed by atoms with Gasteiger partial charge >= 0.3 is 12.3 Å². The highest BCUT2D eigenvalue weighted by molar-refractivity contribution is 7.99. The fraction of sp³-hybridized carbons (Fsp3) is 0.364. The standard InChI is InChI=1S/C22H22F3N5O2S/c23-22(24,25)17-3-4-18(26-12-17)11-15-1-5-19(6-2-15)32-21(31)30-9-7-16(8-10-30)13-33-20-27-14-28-29-20/h1-6,12,14,16H,7-11,13H2,(H,27,28,29). The second kappa shape index (κ2) is 10.2. The van der Waals surface area contributed by atoms with Crippen LogP contribution in [0.3, 0.4) is 0 Å². The van der Waals surface area contributed by atoms with Gasteiger partial charge in [0.2, 0.25) is 5.16 Å². The number of nitrogens with one attached hydrogen (secondary N) is 1. The summed E-state index contributed by atoms with van der Waals surface area (Å²) in [5.41, 5.74) is 0.606. The maximum atomic E-state index is 12.6. The molecule has 1 aromatic carbocycles. The minimum Gasteiger partial charge on any atom is -0.410 e. The average molecular weight is 478 g/mol. The summed E-state index contributed by atoms with van der Waals surface area (Å²) in [6.45, 7) is 1.27. The van der Waals surface area contributed by atoms with Gasteiger partial charge in [-0.2, -0.15) is 13.2 Å². The predicted octanol–water partition coefficient (Wildman–Crippen LogP) is 4.81. The monoisotopic (exact) mass is 477 g/mol. The van der Waals surface area contributed by atoms with E-state index in [4.69, 9.17) is 4.74 Å². The fourth-order valence-electron chi connectivity index (χ4n) is 3.49. The number of thioether (sulfide) groups is 1. The molecule has 3 aromatic rings. The number of carbonyl (C=O) groups excluding carboxylic acids is 1. The van der Waals surface area contributed by atoms with E-state index < -0.39 is 11.7 Å². The predicted molar refractivity (Wildman–Crippen MR) is 116 cm³/mol. The number of piperidine rings is 1. The molecule has 1 saturated heterocycles. The Bertz CT molecular complexity index is 1040. The lowest BCUT2D eigenvalue weighted by atomic mass is 9.99. The first kappa shape index (κ1) is 23.1. The second-order valence-electron chi connectivity index (χ2n) is 7.75. The van der Waals surface area contributed by atoms with E-state index in [9.17, 15) is 18.0 Å². The lowest BCUT2D eigenvalue weighted by molar-refractivity contribution is -0.137. The number of halogens is 3. The molecule has 0 aliphatic carbocycles. The molecule has 11 heteroatoms. The number of ether oxygens (including phenoxy) is 1. The molecular weight excluding hydrogens is 455 g/mol. The van der Waals surface area contributed by atoms with Crippen LogP contribution in [0.25, 0.3) is 0 Å². The summed E-state index contributed by atoms with van der Waals surface area (Å²) in [5, 5.41) is 7.45. The molecule has 4 rings (SSSR count). The maximum absolute atomic E-state index is 12.6. The number of amides is 1. The van der Waals surface area contributed by atoms with E-state index in [-0.39, 0.29) is 6.09 Å². The molecule has 0 spiro atoms. The van der Waals surface area contributed by atoms with Crippen molar-refractivity contribution < 1.29 is 22.7 Å². The van der Waals surface area contributed by atoms with Crippen molar-refractivity contribution in [1.82, 2.24) is 25.1 Å². The Morgan fingerprint density at radius 1 is 1.12 bits per heavy atom. The lowest BCUT2D eigenvalue weighted by Gasteiger charge is -2.30. The normalized spacial score (nSPS) is 14.9. The zero-order chi connectivity index (χ0) is 23.3. The molecule has 3 heterocycles. The van der Waals surface area contributed by atoms with Crippen molar-refractivity contribution in [3.63, 3.8) is 0 Å². The maximum Gasteiger partial charge on any atom is 0.417 e. The van der Waals surface area contributed by atoms with Gasteiger partial charge in [0.15, 0.2) is 0 Å². The Labute approximate surface area is 192 Å². The highest BCUT2D eigenvalue weighted by atomic mass is 32.2. The van der Waals surface area contributed by atoms with E-state index >= 15 is 0 Å². The van der Waals surface area contributed by atoms with Gasteiger partial charge in [-0.05, 0) is 48.6 Å². The van der Waals surface area contributed by atoms with Crippen LogP contribution in [0.5, 0.6) is 5.75 Å². The number of aromatic amines is 1. The van der Waals surface area contributed by atoms with Crippen LogP contribution < -0.4 is 4.74 Å². The van der Waals surface area contributed by atoms with E-state index in [1.807, 2.05) is 0 Å². The third kappa shape index (κ3) is 6.47. The Morgan fingerprint density at radius 3 is 2.48 bits per heavy atom. The second-order valence-corrected chi connectivity index (χ2v) is 8.73. The Balaban J connectivity index is 1.23. The summed E-state index contributed by atoms with van der Waals surface area (Å²) in [5.74, 6) is 1.83. The van der Waals surface area contributed by atoms with Gasteiger partial charge < -0.3 is 9.64 Å². The first-order chi connectivity index (χ1) is 15.9. The fourth-order valence-corrected chi connectivity index (χ4v) is 4.45. The van der Waals surface area contributed by atoms with Gasteiger partial charge in [-0.1, -0.05) is 23.9 Å². The first-order valence-electron chi connectivity index (χ1n) is 10.4. The zero-order valence-corrected chi connectivity index (χ0v) is 18.4. The molecule has 1 aliphatic heterocycles. The third-order valence-electron chi connectivity index (χ3n) is 5.38. The van der Waals surface area contributed by atoms with Crippen molar-refractivity contribution in [3.8, 4) is 5.75 Å². The Kier molecular flexibility index (Phi) is 7.17. The van der Waals surface area contributed by atoms with Crippen molar-refractivity contribution >= 4 is 17.9 Å². The van der Waals surface area contributed by atoms with Crippen LogP contribution >= 0.6 is 11.8 Å². The van der Waals surface area contributed by atoms with E-state index in [1.165, 1.54) is 6.07 Å². The van der Waals surface area contributed by atoms with Crippen molar-refractivity contribution in [2.24, 2.45) is 5.92 Å². The summed E-state index contributed by atoms with van der Waals surface area (Å²) in [6.07, 6.45) is -0.223. The molecule has 1 aliphatic rings. The molecule has 0 radical (unpaired) electrons. The number of hydrogen-bond donors (Lipinski definition) is 1. The molecule has 1 amide bonds. The van der Waals surface area contributed by atoms with E-state index in [2.05, 4.69) is 20.2 Å². The van der Waals surface area contributed by atoms with Crippen LogP contribution in [0, 0.1) is 5.92 Å². The van der Waals surface area contributed by atoms with Gasteiger partial charge in [-0.15, -0.1) is 5.10 Å². The first-order valence-corrected chi connectivity index (χ1v) is 11.4. The van der Waals surface area contributed by atoms with Gasteiger partial charge in [0.05, 0.1) is 5.56 Å². The molecule has 0 atom stereocenters. The topological polar surface area (TPSA) is 84.0 Å². The lowest BCUT2D eigenvalue weighted by Crippen LogP contribution is -2.40. The van der Waals surface area contributed by atoms with Crippen LogP contribution in [0.15, 0.2) is 54.1 Å². The highest BCUT2D eigenvalue weighted by Gasteiger charge is 2.30. The number of benzene rings is 1. The summed E-state index contributed by atoms with van der Waals surface area (Å²) in [6, 6.07) is 9.29. The van der Waals surface area contributed by atoms with Crippen LogP contribution in [-0.2, 0) is 12.6 Å². The zero-order valence-electron chi connectivity index (χ0n) is 17.6. The van der Waals surface area contributed by atoms with Crippen LogP contribution in [0.4, 0.5) is 18.0 Å². The summed E-state index contributed by atoms with van der Waals surface area (Å²) in [4.78, 5) is 22.2. The Hall–Kier alpha value is -3.08. The quantitative estimate of drug-likeness (QED) is 0.513. The number of rotatable bonds is 6. The molecule has 33 heavy (non-hydrogen) atoms. The molecule has 0 bridgehead atoms. The summed E-state index contributed by atoms with van der Waals surface area (Å²) >= 11 is 1.61. The average Bonchev–Trinajstić information content (AvgIpc) is 3.33. The molecule has 0 saturated carbocycles. The van der Waals surface area contributed by atoms with Gasteiger partial charge in [-0.3, -0.25) is 10.1 Å². The number of nitrogens with zero attached hydrogens (tertiary/aromatic N) is 4. The van der Waals surface area contributed by atoms with Gasteiger partial charge in [0.1, 0.15) is 12.1 Å². The van der Waals surface area contributed by atoms with Crippen LogP contribution in [-0.4, -0.2) is 50.0 Å². The summed E-state index contributed by atoms with van der Waals surface area (Å²) < 4.78 is 43.4.